The largest absolute Gasteiger partial charge is 0.493 e. The maximum atomic E-state index is 14.9. The molecule has 0 atom stereocenters. The van der Waals surface area contributed by atoms with Crippen molar-refractivity contribution in [1.29, 1.82) is 0 Å². The van der Waals surface area contributed by atoms with Crippen LogP contribution in [0.2, 0.25) is 5.02 Å². The summed E-state index contributed by atoms with van der Waals surface area (Å²) in [7, 11) is -2.58. The average molecular weight is 631 g/mol. The van der Waals surface area contributed by atoms with Crippen molar-refractivity contribution in [2.75, 3.05) is 31.0 Å². The molecule has 0 saturated heterocycles. The van der Waals surface area contributed by atoms with Crippen molar-refractivity contribution in [3.8, 4) is 5.75 Å². The predicted octanol–water partition coefficient (Wildman–Crippen LogP) is 6.18. The summed E-state index contributed by atoms with van der Waals surface area (Å²) in [6.45, 7) is 1.05. The summed E-state index contributed by atoms with van der Waals surface area (Å²) in [5.74, 6) is -1.23. The molecule has 0 spiro atoms. The Morgan fingerprint density at radius 2 is 1.68 bits per heavy atom. The quantitative estimate of drug-likeness (QED) is 0.203. The van der Waals surface area contributed by atoms with Crippen molar-refractivity contribution in [3.63, 3.8) is 0 Å². The van der Waals surface area contributed by atoms with Crippen LogP contribution >= 0.6 is 24.0 Å². The molecule has 0 radical (unpaired) electrons. The van der Waals surface area contributed by atoms with Crippen LogP contribution in [0.1, 0.15) is 37.7 Å². The van der Waals surface area contributed by atoms with Gasteiger partial charge in [-0.05, 0) is 68.3 Å². The minimum absolute atomic E-state index is 0. The number of amides is 1. The van der Waals surface area contributed by atoms with Crippen LogP contribution < -0.4 is 14.8 Å². The first-order valence-corrected chi connectivity index (χ1v) is 14.8. The Morgan fingerprint density at radius 1 is 0.976 bits per heavy atom. The van der Waals surface area contributed by atoms with E-state index in [2.05, 4.69) is 0 Å². The smallest absolute Gasteiger partial charge is 0.264 e. The molecule has 0 saturated carbocycles. The van der Waals surface area contributed by atoms with Crippen LogP contribution in [0.5, 0.6) is 5.75 Å². The Kier molecular flexibility index (Phi) is 13.8. The molecule has 1 amide bonds. The Hall–Kier alpha value is -2.92. The Balaban J connectivity index is 0.00000588. The van der Waals surface area contributed by atoms with E-state index >= 15 is 0 Å². The topological polar surface area (TPSA) is 92.9 Å². The molecule has 0 aliphatic rings. The molecule has 0 aliphatic carbocycles. The molecular formula is C29H35Cl2F2N3O4S. The van der Waals surface area contributed by atoms with Crippen LogP contribution in [0.15, 0.2) is 71.6 Å². The molecule has 0 heterocycles. The maximum absolute atomic E-state index is 14.9. The Labute approximate surface area is 251 Å². The zero-order chi connectivity index (χ0) is 29.1. The summed E-state index contributed by atoms with van der Waals surface area (Å²) in [6, 6.07) is 14.9. The van der Waals surface area contributed by atoms with Crippen LogP contribution in [0.25, 0.3) is 0 Å². The number of carbonyl (C=O) groups is 1. The third kappa shape index (κ3) is 9.85. The monoisotopic (exact) mass is 629 g/mol. The molecule has 0 aromatic heterocycles. The summed E-state index contributed by atoms with van der Waals surface area (Å²) < 4.78 is 63.1. The number of para-hydroxylation sites is 1. The second kappa shape index (κ2) is 16.5. The van der Waals surface area contributed by atoms with Gasteiger partial charge in [0.2, 0.25) is 5.91 Å². The third-order valence-electron chi connectivity index (χ3n) is 6.28. The fourth-order valence-corrected chi connectivity index (χ4v) is 5.61. The van der Waals surface area contributed by atoms with E-state index in [9.17, 15) is 22.0 Å². The zero-order valence-corrected chi connectivity index (χ0v) is 25.2. The van der Waals surface area contributed by atoms with E-state index in [-0.39, 0.29) is 36.4 Å². The average Bonchev–Trinajstić information content (AvgIpc) is 2.94. The van der Waals surface area contributed by atoms with Gasteiger partial charge in [0.15, 0.2) is 0 Å². The number of ether oxygens (including phenoxy) is 1. The number of sulfonamides is 1. The number of halogens is 4. The highest BCUT2D eigenvalue weighted by molar-refractivity contribution is 7.92. The van der Waals surface area contributed by atoms with E-state index in [1.165, 1.54) is 24.3 Å². The molecule has 2 N–H and O–H groups in total. The van der Waals surface area contributed by atoms with Crippen LogP contribution in [0.3, 0.4) is 0 Å². The van der Waals surface area contributed by atoms with Gasteiger partial charge >= 0.3 is 0 Å². The first-order valence-electron chi connectivity index (χ1n) is 13.0. The van der Waals surface area contributed by atoms with Crippen LogP contribution in [0.4, 0.5) is 14.5 Å². The molecule has 3 rings (SSSR count). The van der Waals surface area contributed by atoms with E-state index in [1.54, 1.807) is 36.2 Å². The summed E-state index contributed by atoms with van der Waals surface area (Å²) in [5.41, 5.74) is 5.51. The molecule has 3 aromatic carbocycles. The Bertz CT molecular complexity index is 1380. The van der Waals surface area contributed by atoms with Crippen molar-refractivity contribution in [1.82, 2.24) is 4.90 Å². The van der Waals surface area contributed by atoms with Gasteiger partial charge in [-0.2, -0.15) is 0 Å². The number of carbonyl (C=O) groups excluding carboxylic acids is 1. The second-order valence-corrected chi connectivity index (χ2v) is 11.6. The first kappa shape index (κ1) is 34.3. The van der Waals surface area contributed by atoms with E-state index in [4.69, 9.17) is 22.1 Å². The van der Waals surface area contributed by atoms with E-state index < -0.39 is 27.3 Å². The number of hydrogen-bond acceptors (Lipinski definition) is 5. The number of rotatable bonds is 15. The summed E-state index contributed by atoms with van der Waals surface area (Å²) >= 11 is 5.93. The number of nitrogens with zero attached hydrogens (tertiary/aromatic N) is 2. The van der Waals surface area contributed by atoms with Crippen molar-refractivity contribution >= 4 is 45.6 Å². The molecule has 224 valence electrons. The lowest BCUT2D eigenvalue weighted by Crippen LogP contribution is -2.31. The van der Waals surface area contributed by atoms with Crippen molar-refractivity contribution in [2.45, 2.75) is 43.5 Å². The molecular weight excluding hydrogens is 595 g/mol. The van der Waals surface area contributed by atoms with E-state index in [1.807, 2.05) is 0 Å². The predicted molar refractivity (Wildman–Crippen MR) is 160 cm³/mol. The molecule has 3 aromatic rings. The Morgan fingerprint density at radius 3 is 2.39 bits per heavy atom. The van der Waals surface area contributed by atoms with Gasteiger partial charge in [-0.25, -0.2) is 17.2 Å². The highest BCUT2D eigenvalue weighted by Crippen LogP contribution is 2.31. The molecule has 0 bridgehead atoms. The lowest BCUT2D eigenvalue weighted by atomic mass is 10.2. The van der Waals surface area contributed by atoms with Gasteiger partial charge in [0.05, 0.1) is 23.7 Å². The molecule has 0 aliphatic heterocycles. The molecule has 0 unspecified atom stereocenters. The van der Waals surface area contributed by atoms with Crippen molar-refractivity contribution in [2.24, 2.45) is 5.73 Å². The standard InChI is InChI=1S/C29H34ClF2N3O4S.ClH/c1-34(29(36)10-3-2-6-17-33)18-7-19-39-28-9-5-4-8-22(28)21-35(27-20-24(31)13-16-26(27)32)40(37,38)25-14-11-23(30)12-15-25;/h4-5,8-9,11-16,20H,2-3,6-7,10,17-19,21,33H2,1H3;1H. The van der Waals surface area contributed by atoms with E-state index in [0.717, 1.165) is 41.8 Å². The van der Waals surface area contributed by atoms with Crippen LogP contribution in [-0.4, -0.2) is 46.0 Å². The molecule has 12 heteroatoms. The number of nitrogens with two attached hydrogens (primary N) is 1. The highest BCUT2D eigenvalue weighted by atomic mass is 35.5. The summed E-state index contributed by atoms with van der Waals surface area (Å²) in [4.78, 5) is 13.8. The van der Waals surface area contributed by atoms with Crippen LogP contribution in [-0.2, 0) is 21.4 Å². The number of anilines is 1. The minimum atomic E-state index is -4.32. The van der Waals surface area contributed by atoms with Crippen molar-refractivity contribution < 1.29 is 26.7 Å². The fourth-order valence-electron chi connectivity index (χ4n) is 4.04. The molecule has 41 heavy (non-hydrogen) atoms. The lowest BCUT2D eigenvalue weighted by Gasteiger charge is -2.26. The van der Waals surface area contributed by atoms with Crippen molar-refractivity contribution in [3.05, 3.63) is 89.0 Å². The summed E-state index contributed by atoms with van der Waals surface area (Å²) in [6.07, 6.45) is 3.62. The third-order valence-corrected chi connectivity index (χ3v) is 8.31. The van der Waals surface area contributed by atoms with Gasteiger partial charge in [0, 0.05) is 36.7 Å². The van der Waals surface area contributed by atoms with Crippen LogP contribution in [0, 0.1) is 11.6 Å². The van der Waals surface area contributed by atoms with Gasteiger partial charge in [-0.3, -0.25) is 9.10 Å². The van der Waals surface area contributed by atoms with Gasteiger partial charge in [-0.1, -0.05) is 36.2 Å². The maximum Gasteiger partial charge on any atom is 0.264 e. The summed E-state index contributed by atoms with van der Waals surface area (Å²) in [5, 5.41) is 0.333. The van der Waals surface area contributed by atoms with Gasteiger partial charge in [0.25, 0.3) is 10.0 Å². The number of unbranched alkanes of at least 4 members (excludes halogenated alkanes) is 2. The minimum Gasteiger partial charge on any atom is -0.493 e. The molecule has 0 fully saturated rings. The van der Waals surface area contributed by atoms with E-state index in [0.29, 0.717) is 42.3 Å². The lowest BCUT2D eigenvalue weighted by molar-refractivity contribution is -0.130. The highest BCUT2D eigenvalue weighted by Gasteiger charge is 2.29. The molecule has 7 nitrogen and oxygen atoms in total. The first-order chi connectivity index (χ1) is 19.1. The normalized spacial score (nSPS) is 11.0. The fraction of sp³-hybridized carbons (Fsp3) is 0.345. The van der Waals surface area contributed by atoms with Gasteiger partial charge in [-0.15, -0.1) is 12.4 Å². The number of hydrogen-bond donors (Lipinski definition) is 1. The number of benzene rings is 3. The van der Waals surface area contributed by atoms with Gasteiger partial charge < -0.3 is 15.4 Å². The SMILES string of the molecule is CN(CCCOc1ccccc1CN(c1cc(F)ccc1F)S(=O)(=O)c1ccc(Cl)cc1)C(=O)CCCCCN.Cl. The zero-order valence-electron chi connectivity index (χ0n) is 22.8. The van der Waals surface area contributed by atoms with Gasteiger partial charge in [0.1, 0.15) is 17.4 Å². The second-order valence-electron chi connectivity index (χ2n) is 9.29.